The normalized spacial score (nSPS) is 11.4. The second-order valence-electron chi connectivity index (χ2n) is 3.32. The standard InChI is InChI=1S/C11H10F4O2/c1-2-5-17-9-6-7(3-4-8(9)12)10(16)11(13,14)15/h3-4,6H,2,5H2,1H3. The largest absolute Gasteiger partial charge is 0.491 e. The molecule has 0 aromatic heterocycles. The Morgan fingerprint density at radius 1 is 1.35 bits per heavy atom. The Hall–Kier alpha value is -1.59. The number of carbonyl (C=O) groups excluding carboxylic acids is 1. The minimum atomic E-state index is -4.97. The van der Waals surface area contributed by atoms with Gasteiger partial charge >= 0.3 is 6.18 Å². The van der Waals surface area contributed by atoms with E-state index in [1.807, 2.05) is 0 Å². The molecule has 1 aromatic rings. The van der Waals surface area contributed by atoms with Crippen molar-refractivity contribution in [2.75, 3.05) is 6.61 Å². The number of Topliss-reactive ketones (excluding diaryl/α,β-unsaturated/α-hetero) is 1. The van der Waals surface area contributed by atoms with Crippen LogP contribution in [0.15, 0.2) is 18.2 Å². The van der Waals surface area contributed by atoms with E-state index < -0.39 is 23.3 Å². The summed E-state index contributed by atoms with van der Waals surface area (Å²) in [6, 6.07) is 2.33. The van der Waals surface area contributed by atoms with Crippen molar-refractivity contribution < 1.29 is 27.1 Å². The predicted octanol–water partition coefficient (Wildman–Crippen LogP) is 3.36. The zero-order chi connectivity index (χ0) is 13.1. The summed E-state index contributed by atoms with van der Waals surface area (Å²) in [5.74, 6) is -3.15. The lowest BCUT2D eigenvalue weighted by atomic mass is 10.1. The van der Waals surface area contributed by atoms with Crippen LogP contribution in [0.25, 0.3) is 0 Å². The maximum atomic E-state index is 13.1. The highest BCUT2D eigenvalue weighted by atomic mass is 19.4. The third kappa shape index (κ3) is 3.44. The molecule has 0 heterocycles. The molecule has 0 saturated heterocycles. The summed E-state index contributed by atoms with van der Waals surface area (Å²) in [4.78, 5) is 10.9. The molecule has 0 aliphatic rings. The molecule has 6 heteroatoms. The van der Waals surface area contributed by atoms with Crippen LogP contribution < -0.4 is 4.74 Å². The molecule has 17 heavy (non-hydrogen) atoms. The molecule has 0 aliphatic carbocycles. The van der Waals surface area contributed by atoms with Crippen molar-refractivity contribution in [1.82, 2.24) is 0 Å². The number of ketones is 1. The molecule has 0 spiro atoms. The minimum Gasteiger partial charge on any atom is -0.491 e. The van der Waals surface area contributed by atoms with Crippen LogP contribution in [0, 0.1) is 5.82 Å². The molecular weight excluding hydrogens is 240 g/mol. The maximum Gasteiger partial charge on any atom is 0.454 e. The number of hydrogen-bond donors (Lipinski definition) is 0. The average Bonchev–Trinajstić information content (AvgIpc) is 2.26. The highest BCUT2D eigenvalue weighted by Gasteiger charge is 2.39. The number of carbonyl (C=O) groups is 1. The fraction of sp³-hybridized carbons (Fsp3) is 0.364. The van der Waals surface area contributed by atoms with E-state index in [0.717, 1.165) is 18.2 Å². The van der Waals surface area contributed by atoms with Gasteiger partial charge in [-0.05, 0) is 24.6 Å². The van der Waals surface area contributed by atoms with Gasteiger partial charge in [-0.2, -0.15) is 13.2 Å². The molecule has 0 fully saturated rings. The monoisotopic (exact) mass is 250 g/mol. The SMILES string of the molecule is CCCOc1cc(C(=O)C(F)(F)F)ccc1F. The van der Waals surface area contributed by atoms with E-state index in [0.29, 0.717) is 6.42 Å². The van der Waals surface area contributed by atoms with E-state index in [1.165, 1.54) is 0 Å². The van der Waals surface area contributed by atoms with Gasteiger partial charge in [0.05, 0.1) is 6.61 Å². The first-order valence-corrected chi connectivity index (χ1v) is 4.90. The first-order valence-electron chi connectivity index (χ1n) is 4.90. The summed E-state index contributed by atoms with van der Waals surface area (Å²) in [6.07, 6.45) is -4.39. The highest BCUT2D eigenvalue weighted by Crippen LogP contribution is 2.25. The number of rotatable bonds is 4. The van der Waals surface area contributed by atoms with Crippen molar-refractivity contribution in [3.8, 4) is 5.75 Å². The fourth-order valence-electron chi connectivity index (χ4n) is 1.13. The van der Waals surface area contributed by atoms with E-state index in [2.05, 4.69) is 0 Å². The van der Waals surface area contributed by atoms with E-state index in [9.17, 15) is 22.4 Å². The average molecular weight is 250 g/mol. The van der Waals surface area contributed by atoms with Crippen LogP contribution in [-0.2, 0) is 0 Å². The number of alkyl halides is 3. The van der Waals surface area contributed by atoms with Gasteiger partial charge in [0.15, 0.2) is 11.6 Å². The lowest BCUT2D eigenvalue weighted by Gasteiger charge is -2.09. The van der Waals surface area contributed by atoms with Gasteiger partial charge in [0.1, 0.15) is 0 Å². The van der Waals surface area contributed by atoms with Crippen molar-refractivity contribution in [3.05, 3.63) is 29.6 Å². The molecule has 0 unspecified atom stereocenters. The summed E-state index contributed by atoms with van der Waals surface area (Å²) in [6.45, 7) is 1.93. The smallest absolute Gasteiger partial charge is 0.454 e. The predicted molar refractivity (Wildman–Crippen MR) is 52.6 cm³/mol. The van der Waals surface area contributed by atoms with E-state index in [-0.39, 0.29) is 12.4 Å². The van der Waals surface area contributed by atoms with Gasteiger partial charge in [-0.15, -0.1) is 0 Å². The van der Waals surface area contributed by atoms with Crippen LogP contribution in [0.1, 0.15) is 23.7 Å². The van der Waals surface area contributed by atoms with Crippen molar-refractivity contribution in [3.63, 3.8) is 0 Å². The lowest BCUT2D eigenvalue weighted by molar-refractivity contribution is -0.0885. The van der Waals surface area contributed by atoms with Gasteiger partial charge in [-0.25, -0.2) is 4.39 Å². The second-order valence-corrected chi connectivity index (χ2v) is 3.32. The van der Waals surface area contributed by atoms with Crippen molar-refractivity contribution >= 4 is 5.78 Å². The van der Waals surface area contributed by atoms with Gasteiger partial charge < -0.3 is 4.74 Å². The van der Waals surface area contributed by atoms with Crippen LogP contribution in [0.4, 0.5) is 17.6 Å². The van der Waals surface area contributed by atoms with Crippen LogP contribution >= 0.6 is 0 Å². The summed E-state index contributed by atoms with van der Waals surface area (Å²) in [5, 5.41) is 0. The minimum absolute atomic E-state index is 0.167. The molecule has 0 atom stereocenters. The Kier molecular flexibility index (Phi) is 4.09. The fourth-order valence-corrected chi connectivity index (χ4v) is 1.13. The van der Waals surface area contributed by atoms with Crippen molar-refractivity contribution in [2.45, 2.75) is 19.5 Å². The van der Waals surface area contributed by atoms with Crippen molar-refractivity contribution in [2.24, 2.45) is 0 Å². The van der Waals surface area contributed by atoms with E-state index in [1.54, 1.807) is 6.92 Å². The van der Waals surface area contributed by atoms with Gasteiger partial charge in [0.25, 0.3) is 5.78 Å². The van der Waals surface area contributed by atoms with Crippen molar-refractivity contribution in [1.29, 1.82) is 0 Å². The molecule has 1 rings (SSSR count). The Morgan fingerprint density at radius 2 is 2.00 bits per heavy atom. The summed E-state index contributed by atoms with van der Waals surface area (Å²) in [5.41, 5.74) is -0.634. The maximum absolute atomic E-state index is 13.1. The first-order chi connectivity index (χ1) is 7.86. The van der Waals surface area contributed by atoms with Crippen LogP contribution in [0.2, 0.25) is 0 Å². The Labute approximate surface area is 95.2 Å². The number of hydrogen-bond acceptors (Lipinski definition) is 2. The lowest BCUT2D eigenvalue weighted by Crippen LogP contribution is -2.22. The van der Waals surface area contributed by atoms with Gasteiger partial charge in [0.2, 0.25) is 0 Å². The van der Waals surface area contributed by atoms with Crippen LogP contribution in [0.5, 0.6) is 5.75 Å². The topological polar surface area (TPSA) is 26.3 Å². The van der Waals surface area contributed by atoms with E-state index in [4.69, 9.17) is 4.74 Å². The molecule has 0 N–H and O–H groups in total. The molecule has 94 valence electrons. The number of ether oxygens (including phenoxy) is 1. The Bertz CT molecular complexity index is 412. The zero-order valence-corrected chi connectivity index (χ0v) is 8.97. The van der Waals surface area contributed by atoms with E-state index >= 15 is 0 Å². The molecule has 0 radical (unpaired) electrons. The van der Waals surface area contributed by atoms with Crippen LogP contribution in [0.3, 0.4) is 0 Å². The third-order valence-corrected chi connectivity index (χ3v) is 1.91. The van der Waals surface area contributed by atoms with Gasteiger partial charge in [-0.3, -0.25) is 4.79 Å². The molecule has 1 aromatic carbocycles. The molecular formula is C11H10F4O2. The Balaban J connectivity index is 3.00. The molecule has 0 amide bonds. The first kappa shape index (κ1) is 13.5. The summed E-state index contributed by atoms with van der Waals surface area (Å²) < 4.78 is 54.4. The molecule has 0 aliphatic heterocycles. The quantitative estimate of drug-likeness (QED) is 0.605. The zero-order valence-electron chi connectivity index (χ0n) is 8.97. The van der Waals surface area contributed by atoms with Crippen LogP contribution in [-0.4, -0.2) is 18.6 Å². The molecule has 0 bridgehead atoms. The molecule has 2 nitrogen and oxygen atoms in total. The van der Waals surface area contributed by atoms with Gasteiger partial charge in [-0.1, -0.05) is 6.92 Å². The second kappa shape index (κ2) is 5.16. The van der Waals surface area contributed by atoms with Gasteiger partial charge in [0, 0.05) is 5.56 Å². The molecule has 0 saturated carbocycles. The summed E-state index contributed by atoms with van der Waals surface area (Å²) >= 11 is 0. The Morgan fingerprint density at radius 3 is 2.53 bits per heavy atom. The number of halogens is 4. The highest BCUT2D eigenvalue weighted by molar-refractivity contribution is 6.00. The number of benzene rings is 1. The third-order valence-electron chi connectivity index (χ3n) is 1.91. The summed E-state index contributed by atoms with van der Waals surface area (Å²) in [7, 11) is 0.